The lowest BCUT2D eigenvalue weighted by molar-refractivity contribution is -0.118. The van der Waals surface area contributed by atoms with E-state index < -0.39 is 0 Å². The van der Waals surface area contributed by atoms with E-state index in [0.717, 1.165) is 5.75 Å². The van der Waals surface area contributed by atoms with Crippen LogP contribution in [0, 0.1) is 0 Å². The Labute approximate surface area is 146 Å². The molecule has 0 aliphatic carbocycles. The summed E-state index contributed by atoms with van der Waals surface area (Å²) in [5.41, 5.74) is 1.19. The van der Waals surface area contributed by atoms with Crippen molar-refractivity contribution in [2.75, 3.05) is 18.1 Å². The van der Waals surface area contributed by atoms with Crippen molar-refractivity contribution in [2.24, 2.45) is 0 Å². The van der Waals surface area contributed by atoms with E-state index in [0.29, 0.717) is 48.7 Å². The molecule has 1 aliphatic heterocycles. The Balaban J connectivity index is 1.58. The van der Waals surface area contributed by atoms with Gasteiger partial charge in [-0.25, -0.2) is 0 Å². The van der Waals surface area contributed by atoms with Gasteiger partial charge in [-0.2, -0.15) is 0 Å². The second-order valence-corrected chi connectivity index (χ2v) is 6.08. The second-order valence-electron chi connectivity index (χ2n) is 5.65. The molecule has 4 nitrogen and oxygen atoms in total. The molecule has 0 aromatic heterocycles. The molecule has 0 radical (unpaired) electrons. The van der Waals surface area contributed by atoms with Crippen LogP contribution in [0.4, 0.5) is 5.69 Å². The molecule has 1 amide bonds. The van der Waals surface area contributed by atoms with Gasteiger partial charge in [0.05, 0.1) is 12.3 Å². The Morgan fingerprint density at radius 2 is 1.96 bits per heavy atom. The van der Waals surface area contributed by atoms with Gasteiger partial charge in [0, 0.05) is 30.0 Å². The van der Waals surface area contributed by atoms with E-state index in [-0.39, 0.29) is 11.7 Å². The van der Waals surface area contributed by atoms with Crippen LogP contribution in [-0.2, 0) is 4.79 Å². The zero-order valence-corrected chi connectivity index (χ0v) is 14.0. The van der Waals surface area contributed by atoms with Crippen molar-refractivity contribution in [3.05, 3.63) is 59.1 Å². The summed E-state index contributed by atoms with van der Waals surface area (Å²) < 4.78 is 5.60. The number of benzene rings is 2. The van der Waals surface area contributed by atoms with Gasteiger partial charge in [0.25, 0.3) is 0 Å². The van der Waals surface area contributed by atoms with E-state index in [1.165, 1.54) is 0 Å². The second kappa shape index (κ2) is 7.49. The molecule has 5 heteroatoms. The number of rotatable bonds is 5. The maximum Gasteiger partial charge on any atom is 0.227 e. The van der Waals surface area contributed by atoms with Crippen LogP contribution in [0.25, 0.3) is 0 Å². The quantitative estimate of drug-likeness (QED) is 0.767. The van der Waals surface area contributed by atoms with Crippen molar-refractivity contribution in [3.8, 4) is 5.75 Å². The molecule has 2 aromatic rings. The number of amides is 1. The minimum Gasteiger partial charge on any atom is -0.494 e. The van der Waals surface area contributed by atoms with E-state index in [2.05, 4.69) is 0 Å². The average molecular weight is 344 g/mol. The van der Waals surface area contributed by atoms with Crippen molar-refractivity contribution >= 4 is 29.0 Å². The Morgan fingerprint density at radius 1 is 1.17 bits per heavy atom. The molecule has 1 heterocycles. The Bertz CT molecular complexity index is 746. The number of ether oxygens (including phenoxy) is 1. The smallest absolute Gasteiger partial charge is 0.227 e. The summed E-state index contributed by atoms with van der Waals surface area (Å²) in [5.74, 6) is 0.834. The topological polar surface area (TPSA) is 46.6 Å². The van der Waals surface area contributed by atoms with E-state index in [1.807, 2.05) is 30.3 Å². The van der Waals surface area contributed by atoms with E-state index in [1.54, 1.807) is 23.1 Å². The van der Waals surface area contributed by atoms with Gasteiger partial charge in [-0.05, 0) is 36.8 Å². The molecule has 0 atom stereocenters. The average Bonchev–Trinajstić information content (AvgIpc) is 2.60. The molecular weight excluding hydrogens is 326 g/mol. The summed E-state index contributed by atoms with van der Waals surface area (Å²) in [4.78, 5) is 26.2. The lowest BCUT2D eigenvalue weighted by Gasteiger charge is -2.29. The van der Waals surface area contributed by atoms with Gasteiger partial charge < -0.3 is 9.64 Å². The number of nitrogens with zero attached hydrogens (tertiary/aromatic N) is 1. The first-order valence-corrected chi connectivity index (χ1v) is 8.34. The van der Waals surface area contributed by atoms with Crippen LogP contribution in [0.2, 0.25) is 5.02 Å². The third-order valence-corrected chi connectivity index (χ3v) is 4.20. The van der Waals surface area contributed by atoms with Gasteiger partial charge in [0.15, 0.2) is 5.78 Å². The Kier molecular flexibility index (Phi) is 5.16. The van der Waals surface area contributed by atoms with E-state index in [4.69, 9.17) is 16.3 Å². The summed E-state index contributed by atoms with van der Waals surface area (Å²) >= 11 is 5.96. The summed E-state index contributed by atoms with van der Waals surface area (Å²) in [6.45, 7) is 0.905. The molecule has 0 N–H and O–H groups in total. The van der Waals surface area contributed by atoms with Crippen molar-refractivity contribution < 1.29 is 14.3 Å². The summed E-state index contributed by atoms with van der Waals surface area (Å²) in [6.07, 6.45) is 1.34. The number of halogens is 1. The summed E-state index contributed by atoms with van der Waals surface area (Å²) in [5, 5.41) is 0.507. The molecule has 0 saturated carbocycles. The van der Waals surface area contributed by atoms with E-state index >= 15 is 0 Å². The zero-order chi connectivity index (χ0) is 16.9. The monoisotopic (exact) mass is 343 g/mol. The van der Waals surface area contributed by atoms with Crippen molar-refractivity contribution in [3.63, 3.8) is 0 Å². The number of hydrogen-bond donors (Lipinski definition) is 0. The highest BCUT2D eigenvalue weighted by molar-refractivity contribution is 6.31. The third-order valence-electron chi connectivity index (χ3n) is 3.96. The standard InChI is InChI=1S/C19H18ClNO3/c20-14-8-9-17-16(13-14)18(22)10-11-21(17)19(23)7-4-12-24-15-5-2-1-3-6-15/h1-3,5-6,8-9,13H,4,7,10-12H2. The Hall–Kier alpha value is -2.33. The normalized spacial score (nSPS) is 13.5. The minimum absolute atomic E-state index is 0.00253. The molecule has 0 bridgehead atoms. The van der Waals surface area contributed by atoms with Crippen molar-refractivity contribution in [1.82, 2.24) is 0 Å². The van der Waals surface area contributed by atoms with Gasteiger partial charge in [0.1, 0.15) is 5.75 Å². The van der Waals surface area contributed by atoms with E-state index in [9.17, 15) is 9.59 Å². The maximum absolute atomic E-state index is 12.5. The first kappa shape index (κ1) is 16.5. The molecule has 0 unspecified atom stereocenters. The number of Topliss-reactive ketones (excluding diaryl/α,β-unsaturated/α-hetero) is 1. The number of carbonyl (C=O) groups is 2. The van der Waals surface area contributed by atoms with Crippen molar-refractivity contribution in [1.29, 1.82) is 0 Å². The molecule has 24 heavy (non-hydrogen) atoms. The van der Waals surface area contributed by atoms with Crippen LogP contribution in [-0.4, -0.2) is 24.8 Å². The highest BCUT2D eigenvalue weighted by Crippen LogP contribution is 2.30. The van der Waals surface area contributed by atoms with Crippen LogP contribution in [0.3, 0.4) is 0 Å². The Morgan fingerprint density at radius 3 is 2.75 bits per heavy atom. The molecular formula is C19H18ClNO3. The van der Waals surface area contributed by atoms with Crippen LogP contribution in [0.5, 0.6) is 5.75 Å². The highest BCUT2D eigenvalue weighted by atomic mass is 35.5. The molecule has 124 valence electrons. The third kappa shape index (κ3) is 3.77. The molecule has 3 rings (SSSR count). The summed E-state index contributed by atoms with van der Waals surface area (Å²) in [7, 11) is 0. The predicted molar refractivity (Wildman–Crippen MR) is 93.9 cm³/mol. The number of hydrogen-bond acceptors (Lipinski definition) is 3. The lowest BCUT2D eigenvalue weighted by atomic mass is 10.00. The lowest BCUT2D eigenvalue weighted by Crippen LogP contribution is -2.37. The number of anilines is 1. The van der Waals surface area contributed by atoms with Gasteiger partial charge in [-0.3, -0.25) is 9.59 Å². The minimum atomic E-state index is 0.00253. The summed E-state index contributed by atoms with van der Waals surface area (Å²) in [6, 6.07) is 14.6. The van der Waals surface area contributed by atoms with Crippen LogP contribution < -0.4 is 9.64 Å². The molecule has 0 saturated heterocycles. The first-order valence-electron chi connectivity index (χ1n) is 7.96. The fraction of sp³-hybridized carbons (Fsp3) is 0.263. The zero-order valence-electron chi connectivity index (χ0n) is 13.2. The number of para-hydroxylation sites is 1. The van der Waals surface area contributed by atoms with Gasteiger partial charge in [-0.1, -0.05) is 29.8 Å². The molecule has 1 aliphatic rings. The molecule has 0 spiro atoms. The number of carbonyl (C=O) groups excluding carboxylic acids is 2. The highest BCUT2D eigenvalue weighted by Gasteiger charge is 2.27. The molecule has 0 fully saturated rings. The molecule has 2 aromatic carbocycles. The fourth-order valence-corrected chi connectivity index (χ4v) is 2.93. The predicted octanol–water partition coefficient (Wildman–Crippen LogP) is 4.12. The van der Waals surface area contributed by atoms with Gasteiger partial charge in [0.2, 0.25) is 5.91 Å². The number of fused-ring (bicyclic) bond motifs is 1. The van der Waals surface area contributed by atoms with Gasteiger partial charge in [-0.15, -0.1) is 0 Å². The van der Waals surface area contributed by atoms with Gasteiger partial charge >= 0.3 is 0 Å². The van der Waals surface area contributed by atoms with Crippen molar-refractivity contribution in [2.45, 2.75) is 19.3 Å². The van der Waals surface area contributed by atoms with Crippen LogP contribution >= 0.6 is 11.6 Å². The fourth-order valence-electron chi connectivity index (χ4n) is 2.76. The SMILES string of the molecule is O=C1CCN(C(=O)CCCOc2ccccc2)c2ccc(Cl)cc21. The van der Waals surface area contributed by atoms with Crippen LogP contribution in [0.1, 0.15) is 29.6 Å². The van der Waals surface area contributed by atoms with Crippen LogP contribution in [0.15, 0.2) is 48.5 Å². The maximum atomic E-state index is 12.5. The first-order chi connectivity index (χ1) is 11.6. The number of ketones is 1. The largest absolute Gasteiger partial charge is 0.494 e.